The quantitative estimate of drug-likeness (QED) is 0.779. The third-order valence-corrected chi connectivity index (χ3v) is 5.48. The standard InChI is InChI=1S/C16H30N2/c1-3-12-6-9-15(17-2)16(10-12)18(14-7-8-14)11-13-4-5-13/h12-17H,3-11H2,1-2H3. The van der Waals surface area contributed by atoms with Gasteiger partial charge >= 0.3 is 0 Å². The van der Waals surface area contributed by atoms with E-state index in [1.807, 2.05) is 0 Å². The third-order valence-electron chi connectivity index (χ3n) is 5.48. The zero-order chi connectivity index (χ0) is 12.5. The highest BCUT2D eigenvalue weighted by Gasteiger charge is 2.41. The highest BCUT2D eigenvalue weighted by Crippen LogP contribution is 2.40. The van der Waals surface area contributed by atoms with Gasteiger partial charge in [0.1, 0.15) is 0 Å². The third kappa shape index (κ3) is 2.91. The SMILES string of the molecule is CCC1CCC(NC)C(N(CC2CC2)C2CC2)C1. The van der Waals surface area contributed by atoms with E-state index in [9.17, 15) is 0 Å². The molecule has 0 aromatic carbocycles. The van der Waals surface area contributed by atoms with Gasteiger partial charge in [0.2, 0.25) is 0 Å². The van der Waals surface area contributed by atoms with Crippen LogP contribution in [0.1, 0.15) is 58.3 Å². The van der Waals surface area contributed by atoms with E-state index >= 15 is 0 Å². The van der Waals surface area contributed by atoms with Crippen LogP contribution in [-0.4, -0.2) is 36.6 Å². The monoisotopic (exact) mass is 250 g/mol. The van der Waals surface area contributed by atoms with Gasteiger partial charge in [0.05, 0.1) is 0 Å². The van der Waals surface area contributed by atoms with Crippen molar-refractivity contribution in [2.24, 2.45) is 11.8 Å². The molecule has 0 saturated heterocycles. The summed E-state index contributed by atoms with van der Waals surface area (Å²) in [5.74, 6) is 2.03. The maximum absolute atomic E-state index is 3.61. The molecule has 0 amide bonds. The predicted octanol–water partition coefficient (Wildman–Crippen LogP) is 3.03. The van der Waals surface area contributed by atoms with Gasteiger partial charge in [0, 0.05) is 24.7 Å². The van der Waals surface area contributed by atoms with Crippen LogP contribution >= 0.6 is 0 Å². The van der Waals surface area contributed by atoms with E-state index < -0.39 is 0 Å². The zero-order valence-electron chi connectivity index (χ0n) is 12.2. The van der Waals surface area contributed by atoms with Crippen LogP contribution < -0.4 is 5.32 Å². The molecule has 0 heterocycles. The molecule has 18 heavy (non-hydrogen) atoms. The normalized spacial score (nSPS) is 37.2. The minimum atomic E-state index is 0.757. The van der Waals surface area contributed by atoms with Crippen molar-refractivity contribution in [3.8, 4) is 0 Å². The van der Waals surface area contributed by atoms with E-state index in [0.717, 1.165) is 30.0 Å². The number of hydrogen-bond donors (Lipinski definition) is 1. The molecule has 2 heteroatoms. The fourth-order valence-corrected chi connectivity index (χ4v) is 3.87. The maximum atomic E-state index is 3.61. The minimum Gasteiger partial charge on any atom is -0.315 e. The van der Waals surface area contributed by atoms with Crippen molar-refractivity contribution in [3.63, 3.8) is 0 Å². The average Bonchev–Trinajstić information content (AvgIpc) is 3.28. The Kier molecular flexibility index (Phi) is 3.95. The second-order valence-corrected chi connectivity index (χ2v) is 6.92. The lowest BCUT2D eigenvalue weighted by atomic mass is 9.80. The van der Waals surface area contributed by atoms with E-state index in [4.69, 9.17) is 0 Å². The molecule has 0 spiro atoms. The Morgan fingerprint density at radius 3 is 2.28 bits per heavy atom. The summed E-state index contributed by atoms with van der Waals surface area (Å²) in [5.41, 5.74) is 0. The molecule has 3 saturated carbocycles. The Morgan fingerprint density at radius 1 is 1.00 bits per heavy atom. The second kappa shape index (κ2) is 5.50. The van der Waals surface area contributed by atoms with Crippen LogP contribution in [0.3, 0.4) is 0 Å². The van der Waals surface area contributed by atoms with Crippen molar-refractivity contribution >= 4 is 0 Å². The maximum Gasteiger partial charge on any atom is 0.0254 e. The molecule has 0 aliphatic heterocycles. The summed E-state index contributed by atoms with van der Waals surface area (Å²) < 4.78 is 0. The van der Waals surface area contributed by atoms with Crippen LogP contribution in [0.25, 0.3) is 0 Å². The summed E-state index contributed by atoms with van der Waals surface area (Å²) in [5, 5.41) is 3.61. The van der Waals surface area contributed by atoms with E-state index in [1.165, 1.54) is 57.9 Å². The number of nitrogens with zero attached hydrogens (tertiary/aromatic N) is 1. The summed E-state index contributed by atoms with van der Waals surface area (Å²) in [7, 11) is 2.17. The molecule has 3 fully saturated rings. The Morgan fingerprint density at radius 2 is 1.72 bits per heavy atom. The van der Waals surface area contributed by atoms with Crippen LogP contribution in [0.2, 0.25) is 0 Å². The number of hydrogen-bond acceptors (Lipinski definition) is 2. The first-order valence-corrected chi connectivity index (χ1v) is 8.24. The first-order chi connectivity index (χ1) is 8.81. The van der Waals surface area contributed by atoms with Crippen molar-refractivity contribution in [3.05, 3.63) is 0 Å². The van der Waals surface area contributed by atoms with E-state index in [0.29, 0.717) is 0 Å². The molecule has 3 atom stereocenters. The predicted molar refractivity (Wildman–Crippen MR) is 76.7 cm³/mol. The van der Waals surface area contributed by atoms with Crippen LogP contribution in [0, 0.1) is 11.8 Å². The zero-order valence-corrected chi connectivity index (χ0v) is 12.2. The molecule has 0 radical (unpaired) electrons. The van der Waals surface area contributed by atoms with Crippen molar-refractivity contribution in [2.45, 2.75) is 76.4 Å². The molecule has 0 aromatic rings. The van der Waals surface area contributed by atoms with Gasteiger partial charge in [0.15, 0.2) is 0 Å². The summed E-state index contributed by atoms with van der Waals surface area (Å²) >= 11 is 0. The van der Waals surface area contributed by atoms with E-state index in [1.54, 1.807) is 0 Å². The Bertz CT molecular complexity index is 270. The second-order valence-electron chi connectivity index (χ2n) is 6.92. The summed E-state index contributed by atoms with van der Waals surface area (Å²) in [6, 6.07) is 2.54. The number of nitrogens with one attached hydrogen (secondary N) is 1. The molecule has 3 rings (SSSR count). The molecule has 3 unspecified atom stereocenters. The molecule has 3 aliphatic carbocycles. The van der Waals surface area contributed by atoms with Gasteiger partial charge in [-0.3, -0.25) is 4.90 Å². The highest BCUT2D eigenvalue weighted by molar-refractivity contribution is 4.98. The van der Waals surface area contributed by atoms with Gasteiger partial charge in [-0.1, -0.05) is 13.3 Å². The van der Waals surface area contributed by atoms with Crippen molar-refractivity contribution in [1.29, 1.82) is 0 Å². The number of rotatable bonds is 6. The van der Waals surface area contributed by atoms with Gasteiger partial charge < -0.3 is 5.32 Å². The lowest BCUT2D eigenvalue weighted by molar-refractivity contribution is 0.0870. The van der Waals surface area contributed by atoms with Gasteiger partial charge in [-0.2, -0.15) is 0 Å². The molecule has 0 bridgehead atoms. The fraction of sp³-hybridized carbons (Fsp3) is 1.00. The number of likely N-dealkylation sites (N-methyl/N-ethyl adjacent to an activating group) is 1. The van der Waals surface area contributed by atoms with E-state index in [2.05, 4.69) is 24.2 Å². The Labute approximate surface area is 113 Å². The van der Waals surface area contributed by atoms with Crippen LogP contribution in [0.5, 0.6) is 0 Å². The van der Waals surface area contributed by atoms with Crippen molar-refractivity contribution in [1.82, 2.24) is 10.2 Å². The molecule has 3 aliphatic rings. The van der Waals surface area contributed by atoms with Gasteiger partial charge in [-0.05, 0) is 63.8 Å². The first-order valence-electron chi connectivity index (χ1n) is 8.24. The molecular weight excluding hydrogens is 220 g/mol. The van der Waals surface area contributed by atoms with Crippen molar-refractivity contribution in [2.75, 3.05) is 13.6 Å². The van der Waals surface area contributed by atoms with Crippen LogP contribution in [0.4, 0.5) is 0 Å². The Balaban J connectivity index is 1.67. The van der Waals surface area contributed by atoms with Gasteiger partial charge in [-0.25, -0.2) is 0 Å². The summed E-state index contributed by atoms with van der Waals surface area (Å²) in [4.78, 5) is 2.92. The van der Waals surface area contributed by atoms with Crippen LogP contribution in [-0.2, 0) is 0 Å². The summed E-state index contributed by atoms with van der Waals surface area (Å²) in [6.07, 6.45) is 11.6. The first kappa shape index (κ1) is 12.9. The molecule has 1 N–H and O–H groups in total. The smallest absolute Gasteiger partial charge is 0.0254 e. The largest absolute Gasteiger partial charge is 0.315 e. The fourth-order valence-electron chi connectivity index (χ4n) is 3.87. The van der Waals surface area contributed by atoms with Gasteiger partial charge in [-0.15, -0.1) is 0 Å². The minimum absolute atomic E-state index is 0.757. The summed E-state index contributed by atoms with van der Waals surface area (Å²) in [6.45, 7) is 3.79. The molecule has 0 aromatic heterocycles. The molecule has 2 nitrogen and oxygen atoms in total. The molecule has 104 valence electrons. The lowest BCUT2D eigenvalue weighted by Crippen LogP contribution is -2.53. The van der Waals surface area contributed by atoms with Crippen LogP contribution in [0.15, 0.2) is 0 Å². The lowest BCUT2D eigenvalue weighted by Gasteiger charge is -2.43. The van der Waals surface area contributed by atoms with Gasteiger partial charge in [0.25, 0.3) is 0 Å². The van der Waals surface area contributed by atoms with Crippen molar-refractivity contribution < 1.29 is 0 Å². The Hall–Kier alpha value is -0.0800. The highest BCUT2D eigenvalue weighted by atomic mass is 15.2. The van der Waals surface area contributed by atoms with E-state index in [-0.39, 0.29) is 0 Å². The average molecular weight is 250 g/mol. The molecular formula is C16H30N2. The topological polar surface area (TPSA) is 15.3 Å².